The van der Waals surface area contributed by atoms with Crippen LogP contribution in [-0.4, -0.2) is 37.5 Å². The Morgan fingerprint density at radius 3 is 2.73 bits per heavy atom. The molecule has 0 aromatic rings. The van der Waals surface area contributed by atoms with Gasteiger partial charge in [-0.05, 0) is 44.1 Å². The van der Waals surface area contributed by atoms with Crippen LogP contribution in [-0.2, 0) is 4.74 Å². The second-order valence-corrected chi connectivity index (χ2v) is 4.96. The Bertz CT molecular complexity index is 180. The van der Waals surface area contributed by atoms with E-state index in [-0.39, 0.29) is 0 Å². The number of ether oxygens (including phenoxy) is 1. The lowest BCUT2D eigenvalue weighted by molar-refractivity contribution is 0.0675. The Hall–Kier alpha value is -0.120. The highest BCUT2D eigenvalue weighted by Crippen LogP contribution is 2.30. The fourth-order valence-corrected chi connectivity index (χ4v) is 2.84. The maximum atomic E-state index is 9.22. The monoisotopic (exact) mass is 213 g/mol. The first-order valence-electron chi connectivity index (χ1n) is 6.32. The first kappa shape index (κ1) is 11.4. The minimum Gasteiger partial charge on any atom is -0.396 e. The predicted molar refractivity (Wildman–Crippen MR) is 59.8 cm³/mol. The Morgan fingerprint density at radius 1 is 1.13 bits per heavy atom. The Labute approximate surface area is 92.2 Å². The molecule has 2 aliphatic rings. The molecular weight excluding hydrogens is 190 g/mol. The van der Waals surface area contributed by atoms with E-state index in [9.17, 15) is 5.11 Å². The minimum atomic E-state index is 0.369. The van der Waals surface area contributed by atoms with Crippen LogP contribution in [0.5, 0.6) is 0 Å². The van der Waals surface area contributed by atoms with Crippen LogP contribution in [0, 0.1) is 11.8 Å². The van der Waals surface area contributed by atoms with Crippen LogP contribution in [0.3, 0.4) is 0 Å². The van der Waals surface area contributed by atoms with E-state index in [2.05, 4.69) is 5.32 Å². The minimum absolute atomic E-state index is 0.369. The number of hydrogen-bond acceptors (Lipinski definition) is 3. The van der Waals surface area contributed by atoms with Gasteiger partial charge in [-0.15, -0.1) is 0 Å². The predicted octanol–water partition coefficient (Wildman–Crippen LogP) is 1.16. The zero-order valence-electron chi connectivity index (χ0n) is 9.45. The second kappa shape index (κ2) is 5.83. The molecule has 3 nitrogen and oxygen atoms in total. The van der Waals surface area contributed by atoms with Gasteiger partial charge in [0.25, 0.3) is 0 Å². The molecule has 3 unspecified atom stereocenters. The first-order valence-corrected chi connectivity index (χ1v) is 6.32. The molecule has 0 radical (unpaired) electrons. The molecule has 0 amide bonds. The number of rotatable bonds is 4. The fraction of sp³-hybridized carbons (Fsp3) is 1.00. The van der Waals surface area contributed by atoms with Gasteiger partial charge in [-0.3, -0.25) is 0 Å². The van der Waals surface area contributed by atoms with Gasteiger partial charge in [-0.2, -0.15) is 0 Å². The van der Waals surface area contributed by atoms with Crippen molar-refractivity contribution in [2.45, 2.75) is 38.1 Å². The molecule has 1 saturated carbocycles. The second-order valence-electron chi connectivity index (χ2n) is 4.96. The quantitative estimate of drug-likeness (QED) is 0.736. The van der Waals surface area contributed by atoms with Crippen LogP contribution in [0.15, 0.2) is 0 Å². The van der Waals surface area contributed by atoms with Crippen LogP contribution >= 0.6 is 0 Å². The summed E-state index contributed by atoms with van der Waals surface area (Å²) < 4.78 is 5.44. The van der Waals surface area contributed by atoms with Crippen molar-refractivity contribution in [3.63, 3.8) is 0 Å². The molecule has 3 atom stereocenters. The number of nitrogens with one attached hydrogen (secondary N) is 1. The smallest absolute Gasteiger partial charge is 0.0619 e. The van der Waals surface area contributed by atoms with Crippen LogP contribution in [0.1, 0.15) is 32.1 Å². The highest BCUT2D eigenvalue weighted by molar-refractivity contribution is 4.80. The van der Waals surface area contributed by atoms with Gasteiger partial charge in [0, 0.05) is 19.3 Å². The van der Waals surface area contributed by atoms with E-state index in [1.165, 1.54) is 32.1 Å². The first-order chi connectivity index (χ1) is 7.40. The van der Waals surface area contributed by atoms with Crippen molar-refractivity contribution in [1.82, 2.24) is 5.32 Å². The normalized spacial score (nSPS) is 37.0. The molecule has 15 heavy (non-hydrogen) atoms. The van der Waals surface area contributed by atoms with E-state index in [0.717, 1.165) is 19.8 Å². The average molecular weight is 213 g/mol. The summed E-state index contributed by atoms with van der Waals surface area (Å²) in [4.78, 5) is 0. The maximum Gasteiger partial charge on any atom is 0.0619 e. The maximum absolute atomic E-state index is 9.22. The Balaban J connectivity index is 1.67. The summed E-state index contributed by atoms with van der Waals surface area (Å²) in [6.45, 7) is 3.24. The molecule has 0 aromatic carbocycles. The fourth-order valence-electron chi connectivity index (χ4n) is 2.84. The average Bonchev–Trinajstić information content (AvgIpc) is 2.75. The highest BCUT2D eigenvalue weighted by atomic mass is 16.5. The Morgan fingerprint density at radius 2 is 2.00 bits per heavy atom. The van der Waals surface area contributed by atoms with Crippen molar-refractivity contribution in [3.8, 4) is 0 Å². The lowest BCUT2D eigenvalue weighted by Gasteiger charge is -2.26. The molecule has 1 aliphatic heterocycles. The number of hydrogen-bond donors (Lipinski definition) is 2. The van der Waals surface area contributed by atoms with Crippen LogP contribution in [0.4, 0.5) is 0 Å². The van der Waals surface area contributed by atoms with E-state index < -0.39 is 0 Å². The van der Waals surface area contributed by atoms with Crippen molar-refractivity contribution in [1.29, 1.82) is 0 Å². The molecule has 88 valence electrons. The molecule has 2 fully saturated rings. The summed E-state index contributed by atoms with van der Waals surface area (Å²) in [5, 5.41) is 12.8. The van der Waals surface area contributed by atoms with Gasteiger partial charge in [0.05, 0.1) is 6.61 Å². The standard InChI is InChI=1S/C12H23NO2/c14-8-11-4-1-3-10(11)7-13-12-5-2-6-15-9-12/h10-14H,1-9H2. The van der Waals surface area contributed by atoms with Crippen LogP contribution < -0.4 is 5.32 Å². The van der Waals surface area contributed by atoms with Crippen molar-refractivity contribution >= 4 is 0 Å². The zero-order valence-corrected chi connectivity index (χ0v) is 9.45. The molecule has 0 bridgehead atoms. The zero-order chi connectivity index (χ0) is 10.5. The largest absolute Gasteiger partial charge is 0.396 e. The van der Waals surface area contributed by atoms with E-state index in [1.54, 1.807) is 0 Å². The summed E-state index contributed by atoms with van der Waals surface area (Å²) >= 11 is 0. The van der Waals surface area contributed by atoms with Gasteiger partial charge in [0.2, 0.25) is 0 Å². The molecule has 1 heterocycles. The summed E-state index contributed by atoms with van der Waals surface area (Å²) in [7, 11) is 0. The van der Waals surface area contributed by atoms with Crippen LogP contribution in [0.25, 0.3) is 0 Å². The molecule has 2 N–H and O–H groups in total. The lowest BCUT2D eigenvalue weighted by Crippen LogP contribution is -2.40. The topological polar surface area (TPSA) is 41.5 Å². The summed E-state index contributed by atoms with van der Waals surface area (Å²) in [5.41, 5.74) is 0. The molecular formula is C12H23NO2. The van der Waals surface area contributed by atoms with Gasteiger partial charge < -0.3 is 15.2 Å². The third kappa shape index (κ3) is 3.16. The molecule has 0 spiro atoms. The van der Waals surface area contributed by atoms with Gasteiger partial charge >= 0.3 is 0 Å². The Kier molecular flexibility index (Phi) is 4.42. The van der Waals surface area contributed by atoms with Crippen molar-refractivity contribution in [3.05, 3.63) is 0 Å². The lowest BCUT2D eigenvalue weighted by atomic mass is 9.96. The molecule has 1 aliphatic carbocycles. The van der Waals surface area contributed by atoms with E-state index in [4.69, 9.17) is 4.74 Å². The third-order valence-electron chi connectivity index (χ3n) is 3.88. The van der Waals surface area contributed by atoms with Crippen molar-refractivity contribution in [2.24, 2.45) is 11.8 Å². The van der Waals surface area contributed by atoms with Gasteiger partial charge in [-0.1, -0.05) is 6.42 Å². The van der Waals surface area contributed by atoms with Crippen LogP contribution in [0.2, 0.25) is 0 Å². The summed E-state index contributed by atoms with van der Waals surface area (Å²) in [6, 6.07) is 0.554. The molecule has 2 rings (SSSR count). The number of aliphatic hydroxyl groups is 1. The molecule has 0 aromatic heterocycles. The summed E-state index contributed by atoms with van der Waals surface area (Å²) in [6.07, 6.45) is 6.22. The molecule has 1 saturated heterocycles. The van der Waals surface area contributed by atoms with E-state index >= 15 is 0 Å². The van der Waals surface area contributed by atoms with E-state index in [0.29, 0.717) is 24.5 Å². The van der Waals surface area contributed by atoms with E-state index in [1.807, 2.05) is 0 Å². The van der Waals surface area contributed by atoms with Crippen molar-refractivity contribution < 1.29 is 9.84 Å². The van der Waals surface area contributed by atoms with Gasteiger partial charge in [0.1, 0.15) is 0 Å². The van der Waals surface area contributed by atoms with Gasteiger partial charge in [0.15, 0.2) is 0 Å². The molecule has 3 heteroatoms. The summed E-state index contributed by atoms with van der Waals surface area (Å²) in [5.74, 6) is 1.24. The highest BCUT2D eigenvalue weighted by Gasteiger charge is 2.27. The van der Waals surface area contributed by atoms with Crippen molar-refractivity contribution in [2.75, 3.05) is 26.4 Å². The third-order valence-corrected chi connectivity index (χ3v) is 3.88. The number of aliphatic hydroxyl groups excluding tert-OH is 1. The van der Waals surface area contributed by atoms with Gasteiger partial charge in [-0.25, -0.2) is 0 Å². The SMILES string of the molecule is OCC1CCCC1CNC1CCCOC1.